The van der Waals surface area contributed by atoms with Crippen LogP contribution in [0, 0.1) is 0 Å². The van der Waals surface area contributed by atoms with Gasteiger partial charge in [0, 0.05) is 16.1 Å². The van der Waals surface area contributed by atoms with Crippen molar-refractivity contribution in [3.8, 4) is 0 Å². The lowest BCUT2D eigenvalue weighted by molar-refractivity contribution is 0.373. The van der Waals surface area contributed by atoms with Crippen LogP contribution in [0.1, 0.15) is 43.7 Å². The average molecular weight is 426 g/mol. The van der Waals surface area contributed by atoms with Crippen molar-refractivity contribution in [1.29, 1.82) is 0 Å². The summed E-state index contributed by atoms with van der Waals surface area (Å²) < 4.78 is 7.19. The Labute approximate surface area is 156 Å². The first-order valence-corrected chi connectivity index (χ1v) is 9.86. The molecule has 9 heteroatoms. The Bertz CT molecular complexity index is 820. The quantitative estimate of drug-likeness (QED) is 0.529. The molecule has 0 saturated carbocycles. The Kier molecular flexibility index (Phi) is 5.52. The zero-order valence-electron chi connectivity index (χ0n) is 13.4. The van der Waals surface area contributed by atoms with Crippen molar-refractivity contribution in [2.75, 3.05) is 5.32 Å². The van der Waals surface area contributed by atoms with Gasteiger partial charge < -0.3 is 9.84 Å². The Morgan fingerprint density at radius 2 is 2.08 bits per heavy atom. The molecule has 0 saturated heterocycles. The third kappa shape index (κ3) is 4.34. The highest BCUT2D eigenvalue weighted by atomic mass is 79.9. The average Bonchev–Trinajstić information content (AvgIpc) is 3.17. The predicted octanol–water partition coefficient (Wildman–Crippen LogP) is 5.40. The lowest BCUT2D eigenvalue weighted by atomic mass is 10.2. The minimum Gasteiger partial charge on any atom is -0.338 e. The van der Waals surface area contributed by atoms with Gasteiger partial charge in [0.1, 0.15) is 0 Å². The molecule has 0 amide bonds. The van der Waals surface area contributed by atoms with Gasteiger partial charge in [-0.15, -0.1) is 10.2 Å². The van der Waals surface area contributed by atoms with Gasteiger partial charge in [0.25, 0.3) is 0 Å². The first-order chi connectivity index (χ1) is 11.5. The van der Waals surface area contributed by atoms with E-state index in [2.05, 4.69) is 41.6 Å². The number of hydrogen-bond acceptors (Lipinski definition) is 8. The maximum Gasteiger partial charge on any atom is 0.239 e. The van der Waals surface area contributed by atoms with Crippen LogP contribution < -0.4 is 5.32 Å². The Balaban J connectivity index is 1.64. The van der Waals surface area contributed by atoms with Crippen LogP contribution in [0.4, 0.5) is 10.8 Å². The number of nitrogens with zero attached hydrogens (tertiary/aromatic N) is 4. The van der Waals surface area contributed by atoms with E-state index < -0.39 is 0 Å². The van der Waals surface area contributed by atoms with Crippen molar-refractivity contribution in [1.82, 2.24) is 20.3 Å². The largest absolute Gasteiger partial charge is 0.338 e. The zero-order chi connectivity index (χ0) is 17.1. The van der Waals surface area contributed by atoms with Gasteiger partial charge in [-0.3, -0.25) is 0 Å². The van der Waals surface area contributed by atoms with Crippen LogP contribution in [-0.4, -0.2) is 20.3 Å². The molecule has 126 valence electrons. The highest BCUT2D eigenvalue weighted by Crippen LogP contribution is 2.37. The van der Waals surface area contributed by atoms with E-state index in [4.69, 9.17) is 4.52 Å². The van der Waals surface area contributed by atoms with Crippen molar-refractivity contribution in [2.24, 2.45) is 0 Å². The summed E-state index contributed by atoms with van der Waals surface area (Å²) in [6.07, 6.45) is 0. The van der Waals surface area contributed by atoms with Crippen LogP contribution in [0.25, 0.3) is 0 Å². The third-order valence-corrected chi connectivity index (χ3v) is 5.59. The normalized spacial score (nSPS) is 12.5. The monoisotopic (exact) mass is 425 g/mol. The topological polar surface area (TPSA) is 76.7 Å². The van der Waals surface area contributed by atoms with Crippen LogP contribution >= 0.6 is 39.0 Å². The smallest absolute Gasteiger partial charge is 0.239 e. The number of nitrogens with one attached hydrogen (secondary N) is 1. The first-order valence-electron chi connectivity index (χ1n) is 7.37. The maximum atomic E-state index is 5.33. The van der Waals surface area contributed by atoms with Crippen LogP contribution in [0.3, 0.4) is 0 Å². The number of halogens is 1. The van der Waals surface area contributed by atoms with Gasteiger partial charge in [-0.25, -0.2) is 0 Å². The molecule has 2 heterocycles. The molecule has 0 aliphatic rings. The fourth-order valence-electron chi connectivity index (χ4n) is 1.85. The van der Waals surface area contributed by atoms with Gasteiger partial charge in [-0.05, 0) is 25.1 Å². The molecule has 0 bridgehead atoms. The minimum absolute atomic E-state index is 0.0247. The summed E-state index contributed by atoms with van der Waals surface area (Å²) in [4.78, 5) is 4.43. The molecule has 24 heavy (non-hydrogen) atoms. The summed E-state index contributed by atoms with van der Waals surface area (Å²) in [7, 11) is 0. The van der Waals surface area contributed by atoms with E-state index in [9.17, 15) is 0 Å². The van der Waals surface area contributed by atoms with Gasteiger partial charge in [0.15, 0.2) is 10.2 Å². The molecule has 6 nitrogen and oxygen atoms in total. The molecule has 0 aliphatic carbocycles. The Morgan fingerprint density at radius 3 is 2.79 bits per heavy atom. The fourth-order valence-corrected chi connectivity index (χ4v) is 4.19. The summed E-state index contributed by atoms with van der Waals surface area (Å²) in [5.41, 5.74) is 0.962. The van der Waals surface area contributed by atoms with Crippen LogP contribution in [0.5, 0.6) is 0 Å². The second kappa shape index (κ2) is 7.62. The summed E-state index contributed by atoms with van der Waals surface area (Å²) in [6.45, 7) is 6.10. The predicted molar refractivity (Wildman–Crippen MR) is 100.0 cm³/mol. The number of benzene rings is 1. The molecule has 1 unspecified atom stereocenters. The standard InChI is InChI=1S/C15H16BrN5OS2/c1-8(2)12-18-13(22-21-12)9(3)23-15-20-19-14(24-15)17-11-6-4-5-10(16)7-11/h4-9H,1-3H3,(H,17,19). The Morgan fingerprint density at radius 1 is 1.25 bits per heavy atom. The fraction of sp³-hybridized carbons (Fsp3) is 0.333. The van der Waals surface area contributed by atoms with Crippen molar-refractivity contribution in [2.45, 2.75) is 36.3 Å². The van der Waals surface area contributed by atoms with Crippen LogP contribution in [0.2, 0.25) is 0 Å². The molecule has 1 atom stereocenters. The zero-order valence-corrected chi connectivity index (χ0v) is 16.6. The lowest BCUT2D eigenvalue weighted by Gasteiger charge is -2.02. The summed E-state index contributed by atoms with van der Waals surface area (Å²) >= 11 is 6.50. The molecule has 0 fully saturated rings. The minimum atomic E-state index is 0.0247. The summed E-state index contributed by atoms with van der Waals surface area (Å²) in [5.74, 6) is 1.59. The number of anilines is 2. The number of rotatable bonds is 6. The van der Waals surface area contributed by atoms with E-state index in [0.717, 1.165) is 25.5 Å². The highest BCUT2D eigenvalue weighted by Gasteiger charge is 2.19. The number of thioether (sulfide) groups is 1. The van der Waals surface area contributed by atoms with E-state index >= 15 is 0 Å². The van der Waals surface area contributed by atoms with Crippen LogP contribution in [0.15, 0.2) is 37.6 Å². The molecule has 3 rings (SSSR count). The third-order valence-electron chi connectivity index (χ3n) is 3.08. The van der Waals surface area contributed by atoms with Gasteiger partial charge in [-0.1, -0.05) is 64.1 Å². The van der Waals surface area contributed by atoms with E-state index in [1.165, 1.54) is 11.3 Å². The van der Waals surface area contributed by atoms with E-state index in [1.54, 1.807) is 11.8 Å². The number of hydrogen-bond donors (Lipinski definition) is 1. The highest BCUT2D eigenvalue weighted by molar-refractivity contribution is 9.10. The van der Waals surface area contributed by atoms with E-state index in [1.807, 2.05) is 45.0 Å². The summed E-state index contributed by atoms with van der Waals surface area (Å²) in [6, 6.07) is 7.91. The van der Waals surface area contributed by atoms with E-state index in [0.29, 0.717) is 5.89 Å². The summed E-state index contributed by atoms with van der Waals surface area (Å²) in [5, 5.41) is 16.4. The second-order valence-electron chi connectivity index (χ2n) is 5.41. The SMILES string of the molecule is CC(C)c1noc(C(C)Sc2nnc(Nc3cccc(Br)c3)s2)n1. The molecule has 0 spiro atoms. The molecule has 1 aromatic carbocycles. The van der Waals surface area contributed by atoms with Gasteiger partial charge in [0.2, 0.25) is 11.0 Å². The maximum absolute atomic E-state index is 5.33. The van der Waals surface area contributed by atoms with Gasteiger partial charge >= 0.3 is 0 Å². The van der Waals surface area contributed by atoms with Crippen molar-refractivity contribution in [3.63, 3.8) is 0 Å². The van der Waals surface area contributed by atoms with E-state index in [-0.39, 0.29) is 11.2 Å². The van der Waals surface area contributed by atoms with Gasteiger partial charge in [-0.2, -0.15) is 4.98 Å². The van der Waals surface area contributed by atoms with Crippen molar-refractivity contribution in [3.05, 3.63) is 40.5 Å². The van der Waals surface area contributed by atoms with Crippen LogP contribution in [-0.2, 0) is 0 Å². The molecular formula is C15H16BrN5OS2. The first kappa shape index (κ1) is 17.4. The molecule has 2 aromatic heterocycles. The Hall–Kier alpha value is -1.45. The van der Waals surface area contributed by atoms with Crippen molar-refractivity contribution >= 4 is 49.8 Å². The molecule has 1 N–H and O–H groups in total. The molecule has 0 radical (unpaired) electrons. The second-order valence-corrected chi connectivity index (χ2v) is 8.90. The number of aromatic nitrogens is 4. The lowest BCUT2D eigenvalue weighted by Crippen LogP contribution is -1.92. The molecule has 0 aliphatic heterocycles. The van der Waals surface area contributed by atoms with Gasteiger partial charge in [0.05, 0.1) is 5.25 Å². The molecular weight excluding hydrogens is 410 g/mol. The molecule has 3 aromatic rings. The van der Waals surface area contributed by atoms with Crippen molar-refractivity contribution < 1.29 is 4.52 Å².